The molecule has 156 valence electrons. The standard InChI is InChI=1S/C28H28N2O/c1-2-11-26(12-3-1)31-27-13-6-10-24(21-27)28(30-18-7-16-29-17-19-30)25-15-14-22-8-4-5-9-23(22)20-25/h1-6,8-15,20-21,28-29H,7,16-19H2. The normalized spacial score (nSPS) is 16.0. The molecule has 0 aromatic heterocycles. The van der Waals surface area contributed by atoms with E-state index < -0.39 is 0 Å². The molecule has 1 N–H and O–H groups in total. The van der Waals surface area contributed by atoms with Gasteiger partial charge in [0.25, 0.3) is 0 Å². The van der Waals surface area contributed by atoms with Gasteiger partial charge in [-0.05, 0) is 65.2 Å². The third-order valence-corrected chi connectivity index (χ3v) is 5.98. The summed E-state index contributed by atoms with van der Waals surface area (Å²) in [5, 5.41) is 6.11. The van der Waals surface area contributed by atoms with Crippen LogP contribution in [0.15, 0.2) is 97.1 Å². The highest BCUT2D eigenvalue weighted by atomic mass is 16.5. The molecule has 1 atom stereocenters. The molecule has 3 heteroatoms. The van der Waals surface area contributed by atoms with Crippen LogP contribution in [0.3, 0.4) is 0 Å². The third kappa shape index (κ3) is 4.63. The van der Waals surface area contributed by atoms with Crippen molar-refractivity contribution in [2.75, 3.05) is 26.2 Å². The molecule has 4 aromatic carbocycles. The van der Waals surface area contributed by atoms with Crippen molar-refractivity contribution in [2.45, 2.75) is 12.5 Å². The van der Waals surface area contributed by atoms with E-state index in [1.165, 1.54) is 21.9 Å². The van der Waals surface area contributed by atoms with Crippen LogP contribution in [0.4, 0.5) is 0 Å². The lowest BCUT2D eigenvalue weighted by Crippen LogP contribution is -2.33. The van der Waals surface area contributed by atoms with Crippen molar-refractivity contribution < 1.29 is 4.74 Å². The predicted octanol–water partition coefficient (Wildman–Crippen LogP) is 6.02. The molecule has 0 saturated carbocycles. The fourth-order valence-corrected chi connectivity index (χ4v) is 4.49. The monoisotopic (exact) mass is 408 g/mol. The van der Waals surface area contributed by atoms with Crippen LogP contribution >= 0.6 is 0 Å². The van der Waals surface area contributed by atoms with E-state index in [2.05, 4.69) is 70.9 Å². The zero-order chi connectivity index (χ0) is 20.9. The number of nitrogens with one attached hydrogen (secondary N) is 1. The largest absolute Gasteiger partial charge is 0.457 e. The molecule has 1 saturated heterocycles. The molecule has 1 heterocycles. The Morgan fingerprint density at radius 3 is 2.32 bits per heavy atom. The van der Waals surface area contributed by atoms with E-state index >= 15 is 0 Å². The summed E-state index contributed by atoms with van der Waals surface area (Å²) in [6.45, 7) is 4.21. The van der Waals surface area contributed by atoms with Gasteiger partial charge in [0, 0.05) is 19.6 Å². The van der Waals surface area contributed by atoms with Gasteiger partial charge >= 0.3 is 0 Å². The Morgan fingerprint density at radius 2 is 1.42 bits per heavy atom. The van der Waals surface area contributed by atoms with E-state index in [9.17, 15) is 0 Å². The predicted molar refractivity (Wildman–Crippen MR) is 128 cm³/mol. The lowest BCUT2D eigenvalue weighted by Gasteiger charge is -2.31. The lowest BCUT2D eigenvalue weighted by atomic mass is 9.94. The van der Waals surface area contributed by atoms with E-state index in [0.29, 0.717) is 0 Å². The molecule has 31 heavy (non-hydrogen) atoms. The van der Waals surface area contributed by atoms with Gasteiger partial charge in [-0.2, -0.15) is 0 Å². The average molecular weight is 409 g/mol. The minimum atomic E-state index is 0.198. The molecule has 0 spiro atoms. The molecule has 3 nitrogen and oxygen atoms in total. The summed E-state index contributed by atoms with van der Waals surface area (Å²) in [5.74, 6) is 1.74. The number of nitrogens with zero attached hydrogens (tertiary/aromatic N) is 1. The van der Waals surface area contributed by atoms with Gasteiger partial charge in [0.1, 0.15) is 11.5 Å². The Hall–Kier alpha value is -3.14. The topological polar surface area (TPSA) is 24.5 Å². The highest BCUT2D eigenvalue weighted by Crippen LogP contribution is 2.34. The molecule has 0 radical (unpaired) electrons. The van der Waals surface area contributed by atoms with Crippen LogP contribution in [-0.4, -0.2) is 31.1 Å². The molecular formula is C28H28N2O. The van der Waals surface area contributed by atoms with E-state index in [4.69, 9.17) is 4.74 Å². The maximum atomic E-state index is 6.16. The van der Waals surface area contributed by atoms with E-state index in [-0.39, 0.29) is 6.04 Å². The van der Waals surface area contributed by atoms with Crippen LogP contribution in [0.5, 0.6) is 11.5 Å². The number of ether oxygens (including phenoxy) is 1. The molecule has 0 aliphatic carbocycles. The van der Waals surface area contributed by atoms with Gasteiger partial charge in [0.2, 0.25) is 0 Å². The van der Waals surface area contributed by atoms with Crippen LogP contribution in [0.25, 0.3) is 10.8 Å². The van der Waals surface area contributed by atoms with Crippen molar-refractivity contribution in [3.63, 3.8) is 0 Å². The second kappa shape index (κ2) is 9.34. The van der Waals surface area contributed by atoms with Gasteiger partial charge in [-0.1, -0.05) is 66.7 Å². The summed E-state index contributed by atoms with van der Waals surface area (Å²) in [7, 11) is 0. The maximum Gasteiger partial charge on any atom is 0.127 e. The molecule has 1 fully saturated rings. The van der Waals surface area contributed by atoms with Gasteiger partial charge < -0.3 is 10.1 Å². The Bertz CT molecular complexity index is 1130. The first-order valence-electron chi connectivity index (χ1n) is 11.1. The molecule has 0 bridgehead atoms. The van der Waals surface area contributed by atoms with Crippen molar-refractivity contribution in [3.05, 3.63) is 108 Å². The highest BCUT2D eigenvalue weighted by Gasteiger charge is 2.24. The molecule has 5 rings (SSSR count). The Labute approximate surface area is 184 Å². The van der Waals surface area contributed by atoms with Crippen molar-refractivity contribution in [3.8, 4) is 11.5 Å². The summed E-state index contributed by atoms with van der Waals surface area (Å²) < 4.78 is 6.16. The summed E-state index contributed by atoms with van der Waals surface area (Å²) in [6.07, 6.45) is 1.16. The van der Waals surface area contributed by atoms with E-state index in [1.807, 2.05) is 36.4 Å². The smallest absolute Gasteiger partial charge is 0.127 e. The minimum absolute atomic E-state index is 0.198. The van der Waals surface area contributed by atoms with Crippen molar-refractivity contribution in [2.24, 2.45) is 0 Å². The van der Waals surface area contributed by atoms with Crippen molar-refractivity contribution in [1.82, 2.24) is 10.2 Å². The van der Waals surface area contributed by atoms with Crippen LogP contribution in [0.2, 0.25) is 0 Å². The second-order valence-corrected chi connectivity index (χ2v) is 8.14. The molecule has 1 aliphatic heterocycles. The van der Waals surface area contributed by atoms with E-state index in [0.717, 1.165) is 44.1 Å². The number of hydrogen-bond acceptors (Lipinski definition) is 3. The lowest BCUT2D eigenvalue weighted by molar-refractivity contribution is 0.241. The fourth-order valence-electron chi connectivity index (χ4n) is 4.49. The van der Waals surface area contributed by atoms with Gasteiger partial charge in [-0.3, -0.25) is 4.90 Å². The zero-order valence-corrected chi connectivity index (χ0v) is 17.7. The molecule has 1 unspecified atom stereocenters. The van der Waals surface area contributed by atoms with Gasteiger partial charge in [0.05, 0.1) is 6.04 Å². The van der Waals surface area contributed by atoms with Crippen LogP contribution < -0.4 is 10.1 Å². The quantitative estimate of drug-likeness (QED) is 0.437. The Morgan fingerprint density at radius 1 is 0.645 bits per heavy atom. The first kappa shape index (κ1) is 19.8. The van der Waals surface area contributed by atoms with Crippen LogP contribution in [-0.2, 0) is 0 Å². The Kier molecular flexibility index (Phi) is 5.96. The number of hydrogen-bond donors (Lipinski definition) is 1. The summed E-state index contributed by atoms with van der Waals surface area (Å²) in [5.41, 5.74) is 2.60. The maximum absolute atomic E-state index is 6.16. The molecule has 1 aliphatic rings. The number of rotatable bonds is 5. The van der Waals surface area contributed by atoms with Gasteiger partial charge in [-0.15, -0.1) is 0 Å². The minimum Gasteiger partial charge on any atom is -0.457 e. The Balaban J connectivity index is 1.54. The molecule has 4 aromatic rings. The van der Waals surface area contributed by atoms with Crippen molar-refractivity contribution in [1.29, 1.82) is 0 Å². The second-order valence-electron chi connectivity index (χ2n) is 8.14. The van der Waals surface area contributed by atoms with Crippen molar-refractivity contribution >= 4 is 10.8 Å². The summed E-state index contributed by atoms with van der Waals surface area (Å²) in [4.78, 5) is 2.60. The number of para-hydroxylation sites is 1. The van der Waals surface area contributed by atoms with Crippen LogP contribution in [0.1, 0.15) is 23.6 Å². The van der Waals surface area contributed by atoms with Gasteiger partial charge in [0.15, 0.2) is 0 Å². The van der Waals surface area contributed by atoms with E-state index in [1.54, 1.807) is 0 Å². The van der Waals surface area contributed by atoms with Crippen LogP contribution in [0, 0.1) is 0 Å². The first-order chi connectivity index (χ1) is 15.4. The molecular weight excluding hydrogens is 380 g/mol. The van der Waals surface area contributed by atoms with Gasteiger partial charge in [-0.25, -0.2) is 0 Å². The first-order valence-corrected chi connectivity index (χ1v) is 11.1. The number of benzene rings is 4. The highest BCUT2D eigenvalue weighted by molar-refractivity contribution is 5.83. The SMILES string of the molecule is c1ccc(Oc2cccc(C(c3ccc4ccccc4c3)N3CCCNCC3)c2)cc1. The summed E-state index contributed by atoms with van der Waals surface area (Å²) >= 11 is 0. The fraction of sp³-hybridized carbons (Fsp3) is 0.214. The zero-order valence-electron chi connectivity index (χ0n) is 17.7. The summed E-state index contributed by atoms with van der Waals surface area (Å²) in [6, 6.07) is 34.3. The molecule has 0 amide bonds. The number of fused-ring (bicyclic) bond motifs is 1. The average Bonchev–Trinajstić information content (AvgIpc) is 3.10. The third-order valence-electron chi connectivity index (χ3n) is 5.98.